The molecular formula is C18H28N4O. The second-order valence-electron chi connectivity index (χ2n) is 6.73. The van der Waals surface area contributed by atoms with Gasteiger partial charge in [-0.3, -0.25) is 4.79 Å². The highest BCUT2D eigenvalue weighted by atomic mass is 16.1. The number of hydrogen-bond acceptors (Lipinski definition) is 4. The zero-order chi connectivity index (χ0) is 15.9. The van der Waals surface area contributed by atoms with Gasteiger partial charge in [-0.2, -0.15) is 0 Å². The third-order valence-corrected chi connectivity index (χ3v) is 4.97. The van der Waals surface area contributed by atoms with Crippen LogP contribution in [0.4, 0.5) is 5.82 Å². The molecule has 0 aliphatic carbocycles. The molecule has 0 atom stereocenters. The minimum absolute atomic E-state index is 0.159. The maximum absolute atomic E-state index is 12.0. The van der Waals surface area contributed by atoms with Gasteiger partial charge in [-0.25, -0.2) is 4.98 Å². The molecule has 0 radical (unpaired) electrons. The van der Waals surface area contributed by atoms with Gasteiger partial charge in [0.15, 0.2) is 0 Å². The Balaban J connectivity index is 1.38. The Bertz CT molecular complexity index is 490. The fraction of sp³-hybridized carbons (Fsp3) is 0.667. The quantitative estimate of drug-likeness (QED) is 0.844. The van der Waals surface area contributed by atoms with Crippen molar-refractivity contribution in [3.63, 3.8) is 0 Å². The molecule has 5 nitrogen and oxygen atoms in total. The Kier molecular flexibility index (Phi) is 5.86. The molecule has 2 saturated heterocycles. The van der Waals surface area contributed by atoms with Crippen molar-refractivity contribution in [3.8, 4) is 0 Å². The molecule has 2 aliphatic rings. The summed E-state index contributed by atoms with van der Waals surface area (Å²) >= 11 is 0. The van der Waals surface area contributed by atoms with E-state index < -0.39 is 0 Å². The molecule has 0 bridgehead atoms. The van der Waals surface area contributed by atoms with E-state index >= 15 is 0 Å². The lowest BCUT2D eigenvalue weighted by Crippen LogP contribution is -2.29. The average molecular weight is 316 g/mol. The van der Waals surface area contributed by atoms with Crippen LogP contribution in [0.2, 0.25) is 0 Å². The Morgan fingerprint density at radius 3 is 2.74 bits per heavy atom. The van der Waals surface area contributed by atoms with Crippen molar-refractivity contribution in [2.75, 3.05) is 31.1 Å². The molecule has 126 valence electrons. The molecule has 1 aromatic rings. The lowest BCUT2D eigenvalue weighted by Gasteiger charge is -2.22. The lowest BCUT2D eigenvalue weighted by molar-refractivity contribution is -0.121. The van der Waals surface area contributed by atoms with Gasteiger partial charge in [0.2, 0.25) is 5.91 Å². The number of carbonyl (C=O) groups excluding carboxylic acids is 1. The molecule has 0 unspecified atom stereocenters. The minimum Gasteiger partial charge on any atom is -0.357 e. The molecule has 0 aromatic carbocycles. The number of nitrogens with one attached hydrogen (secondary N) is 2. The van der Waals surface area contributed by atoms with Gasteiger partial charge in [0.05, 0.1) is 0 Å². The molecule has 2 fully saturated rings. The normalized spacial score (nSPS) is 19.0. The Labute approximate surface area is 138 Å². The van der Waals surface area contributed by atoms with Gasteiger partial charge in [-0.15, -0.1) is 0 Å². The predicted octanol–water partition coefficient (Wildman–Crippen LogP) is 2.08. The van der Waals surface area contributed by atoms with Crippen LogP contribution in [0.5, 0.6) is 0 Å². The lowest BCUT2D eigenvalue weighted by atomic mass is 9.93. The van der Waals surface area contributed by atoms with Crippen molar-refractivity contribution in [3.05, 3.63) is 23.9 Å². The number of piperidine rings is 1. The number of nitrogens with zero attached hydrogens (tertiary/aromatic N) is 2. The smallest absolute Gasteiger partial charge is 0.220 e. The van der Waals surface area contributed by atoms with Gasteiger partial charge >= 0.3 is 0 Å². The first-order valence-corrected chi connectivity index (χ1v) is 8.98. The summed E-state index contributed by atoms with van der Waals surface area (Å²) in [6, 6.07) is 4.15. The van der Waals surface area contributed by atoms with Crippen molar-refractivity contribution >= 4 is 11.7 Å². The summed E-state index contributed by atoms with van der Waals surface area (Å²) in [6.45, 7) is 5.00. The first kappa shape index (κ1) is 16.2. The number of carbonyl (C=O) groups is 1. The number of rotatable bonds is 6. The standard InChI is InChI=1S/C18H28N4O/c23-18(6-4-15-7-9-19-10-8-15)21-14-16-3-5-17(20-13-16)22-11-1-2-12-22/h3,5,13,15,19H,1-2,4,6-12,14H2,(H,21,23). The number of amides is 1. The first-order valence-electron chi connectivity index (χ1n) is 8.98. The fourth-order valence-electron chi connectivity index (χ4n) is 3.45. The van der Waals surface area contributed by atoms with E-state index in [0.29, 0.717) is 18.9 Å². The summed E-state index contributed by atoms with van der Waals surface area (Å²) in [5.41, 5.74) is 1.07. The fourth-order valence-corrected chi connectivity index (χ4v) is 3.45. The Hall–Kier alpha value is -1.62. The van der Waals surface area contributed by atoms with Gasteiger partial charge in [-0.1, -0.05) is 6.07 Å². The predicted molar refractivity (Wildman–Crippen MR) is 92.4 cm³/mol. The summed E-state index contributed by atoms with van der Waals surface area (Å²) in [7, 11) is 0. The SMILES string of the molecule is O=C(CCC1CCNCC1)NCc1ccc(N2CCCC2)nc1. The van der Waals surface area contributed by atoms with E-state index in [1.807, 2.05) is 6.20 Å². The van der Waals surface area contributed by atoms with Crippen molar-refractivity contribution in [2.24, 2.45) is 5.92 Å². The highest BCUT2D eigenvalue weighted by Crippen LogP contribution is 2.18. The zero-order valence-electron chi connectivity index (χ0n) is 13.9. The summed E-state index contributed by atoms with van der Waals surface area (Å²) in [5, 5.41) is 6.38. The Morgan fingerprint density at radius 1 is 1.26 bits per heavy atom. The van der Waals surface area contributed by atoms with Crippen molar-refractivity contribution < 1.29 is 4.79 Å². The number of anilines is 1. The third-order valence-electron chi connectivity index (χ3n) is 4.97. The summed E-state index contributed by atoms with van der Waals surface area (Å²) < 4.78 is 0. The molecule has 0 spiro atoms. The van der Waals surface area contributed by atoms with E-state index in [0.717, 1.165) is 44.0 Å². The summed E-state index contributed by atoms with van der Waals surface area (Å²) in [6.07, 6.45) is 8.47. The van der Waals surface area contributed by atoms with Crippen LogP contribution in [0.15, 0.2) is 18.3 Å². The van der Waals surface area contributed by atoms with Crippen LogP contribution < -0.4 is 15.5 Å². The molecule has 2 N–H and O–H groups in total. The van der Waals surface area contributed by atoms with Crippen LogP contribution in [0.1, 0.15) is 44.1 Å². The highest BCUT2D eigenvalue weighted by molar-refractivity contribution is 5.75. The summed E-state index contributed by atoms with van der Waals surface area (Å²) in [5.74, 6) is 1.93. The van der Waals surface area contributed by atoms with Crippen LogP contribution in [0, 0.1) is 5.92 Å². The monoisotopic (exact) mass is 316 g/mol. The van der Waals surface area contributed by atoms with Crippen LogP contribution in [-0.2, 0) is 11.3 Å². The van der Waals surface area contributed by atoms with E-state index in [1.54, 1.807) is 0 Å². The second kappa shape index (κ2) is 8.29. The average Bonchev–Trinajstić information content (AvgIpc) is 3.14. The van der Waals surface area contributed by atoms with Gasteiger partial charge in [0, 0.05) is 32.3 Å². The van der Waals surface area contributed by atoms with Crippen LogP contribution in [0.3, 0.4) is 0 Å². The van der Waals surface area contributed by atoms with E-state index in [4.69, 9.17) is 0 Å². The van der Waals surface area contributed by atoms with Gasteiger partial charge in [0.25, 0.3) is 0 Å². The molecule has 2 aliphatic heterocycles. The Morgan fingerprint density at radius 2 is 2.04 bits per heavy atom. The second-order valence-corrected chi connectivity index (χ2v) is 6.73. The molecule has 1 amide bonds. The topological polar surface area (TPSA) is 57.3 Å². The molecule has 5 heteroatoms. The first-order chi connectivity index (χ1) is 11.3. The van der Waals surface area contributed by atoms with E-state index in [9.17, 15) is 4.79 Å². The van der Waals surface area contributed by atoms with Crippen LogP contribution in [0.25, 0.3) is 0 Å². The third kappa shape index (κ3) is 4.93. The van der Waals surface area contributed by atoms with E-state index in [-0.39, 0.29) is 5.91 Å². The minimum atomic E-state index is 0.159. The highest BCUT2D eigenvalue weighted by Gasteiger charge is 2.15. The van der Waals surface area contributed by atoms with Gasteiger partial charge in [0.1, 0.15) is 5.82 Å². The molecular weight excluding hydrogens is 288 g/mol. The molecule has 0 saturated carbocycles. The number of aromatic nitrogens is 1. The molecule has 3 rings (SSSR count). The zero-order valence-corrected chi connectivity index (χ0v) is 13.9. The van der Waals surface area contributed by atoms with Crippen LogP contribution in [-0.4, -0.2) is 37.1 Å². The summed E-state index contributed by atoms with van der Waals surface area (Å²) in [4.78, 5) is 18.8. The number of hydrogen-bond donors (Lipinski definition) is 2. The molecule has 23 heavy (non-hydrogen) atoms. The maximum atomic E-state index is 12.0. The maximum Gasteiger partial charge on any atom is 0.220 e. The number of pyridine rings is 1. The van der Waals surface area contributed by atoms with Gasteiger partial charge in [-0.05, 0) is 62.7 Å². The van der Waals surface area contributed by atoms with Crippen molar-refractivity contribution in [2.45, 2.75) is 45.1 Å². The largest absolute Gasteiger partial charge is 0.357 e. The van der Waals surface area contributed by atoms with Crippen molar-refractivity contribution in [1.29, 1.82) is 0 Å². The molecule has 3 heterocycles. The van der Waals surface area contributed by atoms with E-state index in [2.05, 4.69) is 32.7 Å². The van der Waals surface area contributed by atoms with Crippen molar-refractivity contribution in [1.82, 2.24) is 15.6 Å². The van der Waals surface area contributed by atoms with Crippen LogP contribution >= 0.6 is 0 Å². The van der Waals surface area contributed by atoms with Gasteiger partial charge < -0.3 is 15.5 Å². The molecule has 1 aromatic heterocycles. The van der Waals surface area contributed by atoms with E-state index in [1.165, 1.54) is 25.7 Å².